The molecule has 1 rings (SSSR count). The van der Waals surface area contributed by atoms with Crippen molar-refractivity contribution < 1.29 is 4.79 Å². The van der Waals surface area contributed by atoms with Gasteiger partial charge in [-0.2, -0.15) is 5.26 Å². The van der Waals surface area contributed by atoms with Gasteiger partial charge in [-0.1, -0.05) is 18.5 Å². The minimum atomic E-state index is -0.629. The van der Waals surface area contributed by atoms with E-state index < -0.39 is 5.92 Å². The van der Waals surface area contributed by atoms with E-state index in [0.29, 0.717) is 17.1 Å². The summed E-state index contributed by atoms with van der Waals surface area (Å²) in [6.45, 7) is 1.79. The van der Waals surface area contributed by atoms with E-state index >= 15 is 0 Å². The maximum absolute atomic E-state index is 11.6. The lowest BCUT2D eigenvalue weighted by atomic mass is 10.1. The zero-order chi connectivity index (χ0) is 12.1. The number of benzene rings is 1. The van der Waals surface area contributed by atoms with E-state index in [1.807, 2.05) is 12.1 Å². The van der Waals surface area contributed by atoms with Crippen LogP contribution in [0.15, 0.2) is 18.2 Å². The third kappa shape index (κ3) is 3.35. The fourth-order valence-electron chi connectivity index (χ4n) is 1.15. The summed E-state index contributed by atoms with van der Waals surface area (Å²) in [6.07, 6.45) is 0.490. The van der Waals surface area contributed by atoms with E-state index in [0.717, 1.165) is 3.57 Å². The number of anilines is 1. The summed E-state index contributed by atoms with van der Waals surface area (Å²) in [4.78, 5) is 11.6. The van der Waals surface area contributed by atoms with Crippen molar-refractivity contribution in [2.24, 2.45) is 5.92 Å². The maximum atomic E-state index is 11.6. The van der Waals surface area contributed by atoms with Gasteiger partial charge in [0.05, 0.1) is 16.8 Å². The highest BCUT2D eigenvalue weighted by molar-refractivity contribution is 14.1. The van der Waals surface area contributed by atoms with Gasteiger partial charge in [-0.3, -0.25) is 4.79 Å². The summed E-state index contributed by atoms with van der Waals surface area (Å²) >= 11 is 8.10. The van der Waals surface area contributed by atoms with Crippen LogP contribution < -0.4 is 5.32 Å². The van der Waals surface area contributed by atoms with Gasteiger partial charge < -0.3 is 5.32 Å². The quantitative estimate of drug-likeness (QED) is 0.851. The highest BCUT2D eigenvalue weighted by Crippen LogP contribution is 2.24. The van der Waals surface area contributed by atoms with Crippen LogP contribution in [-0.4, -0.2) is 5.91 Å². The number of hydrogen-bond acceptors (Lipinski definition) is 2. The van der Waals surface area contributed by atoms with Gasteiger partial charge in [0, 0.05) is 3.57 Å². The number of halogens is 2. The lowest BCUT2D eigenvalue weighted by Crippen LogP contribution is -2.21. The summed E-state index contributed by atoms with van der Waals surface area (Å²) < 4.78 is 0.993. The van der Waals surface area contributed by atoms with E-state index in [2.05, 4.69) is 27.9 Å². The fourth-order valence-corrected chi connectivity index (χ4v) is 2.05. The lowest BCUT2D eigenvalue weighted by Gasteiger charge is -2.09. The van der Waals surface area contributed by atoms with Gasteiger partial charge in [-0.15, -0.1) is 0 Å². The van der Waals surface area contributed by atoms with E-state index in [9.17, 15) is 4.79 Å². The molecule has 0 aromatic heterocycles. The molecule has 84 valence electrons. The zero-order valence-corrected chi connectivity index (χ0v) is 11.5. The predicted molar refractivity (Wildman–Crippen MR) is 72.2 cm³/mol. The van der Waals surface area contributed by atoms with Crippen LogP contribution in [0.2, 0.25) is 5.02 Å². The number of nitriles is 1. The number of nitrogens with one attached hydrogen (secondary N) is 1. The minimum absolute atomic E-state index is 0.312. The second kappa shape index (κ2) is 6.06. The molecule has 5 heteroatoms. The Morgan fingerprint density at radius 3 is 2.88 bits per heavy atom. The molecule has 0 bridgehead atoms. The number of carbonyl (C=O) groups excluding carboxylic acids is 1. The molecule has 1 aromatic carbocycles. The molecule has 0 spiro atoms. The highest BCUT2D eigenvalue weighted by Gasteiger charge is 2.16. The average Bonchev–Trinajstić information content (AvgIpc) is 2.24. The Morgan fingerprint density at radius 2 is 2.38 bits per heavy atom. The van der Waals surface area contributed by atoms with Gasteiger partial charge >= 0.3 is 0 Å². The van der Waals surface area contributed by atoms with E-state index in [1.54, 1.807) is 19.1 Å². The van der Waals surface area contributed by atoms with Crippen molar-refractivity contribution in [3.8, 4) is 6.07 Å². The molecule has 0 saturated carbocycles. The van der Waals surface area contributed by atoms with Crippen LogP contribution in [0.1, 0.15) is 13.3 Å². The third-order valence-corrected chi connectivity index (χ3v) is 3.05. The minimum Gasteiger partial charge on any atom is -0.324 e. The van der Waals surface area contributed by atoms with Crippen molar-refractivity contribution in [1.29, 1.82) is 5.26 Å². The standard InChI is InChI=1S/C11H10ClIN2O/c1-2-7(6-14)11(16)15-10-4-3-8(13)5-9(10)12/h3-5,7H,2H2,1H3,(H,15,16). The van der Waals surface area contributed by atoms with Crippen LogP contribution in [0.25, 0.3) is 0 Å². The number of hydrogen-bond donors (Lipinski definition) is 1. The molecule has 0 aliphatic rings. The molecular weight excluding hydrogens is 338 g/mol. The van der Waals surface area contributed by atoms with Crippen molar-refractivity contribution >= 4 is 45.8 Å². The predicted octanol–water partition coefficient (Wildman–Crippen LogP) is 3.43. The summed E-state index contributed by atoms with van der Waals surface area (Å²) in [5.41, 5.74) is 0.542. The maximum Gasteiger partial charge on any atom is 0.241 e. The van der Waals surface area contributed by atoms with E-state index in [4.69, 9.17) is 16.9 Å². The van der Waals surface area contributed by atoms with Gasteiger partial charge in [0.2, 0.25) is 5.91 Å². The molecule has 1 amide bonds. The van der Waals surface area contributed by atoms with Crippen molar-refractivity contribution in [3.05, 3.63) is 26.8 Å². The Labute approximate surface area is 113 Å². The van der Waals surface area contributed by atoms with E-state index in [-0.39, 0.29) is 5.91 Å². The molecular formula is C11H10ClIN2O. The molecule has 16 heavy (non-hydrogen) atoms. The molecule has 0 aliphatic carbocycles. The van der Waals surface area contributed by atoms with Crippen LogP contribution in [0.4, 0.5) is 5.69 Å². The molecule has 0 fully saturated rings. The van der Waals surface area contributed by atoms with Gasteiger partial charge in [0.25, 0.3) is 0 Å². The molecule has 0 aliphatic heterocycles. The largest absolute Gasteiger partial charge is 0.324 e. The first-order chi connectivity index (χ1) is 7.58. The summed E-state index contributed by atoms with van der Waals surface area (Å²) in [6, 6.07) is 7.27. The first-order valence-corrected chi connectivity index (χ1v) is 6.19. The molecule has 1 atom stereocenters. The number of rotatable bonds is 3. The smallest absolute Gasteiger partial charge is 0.241 e. The first kappa shape index (κ1) is 13.3. The Morgan fingerprint density at radius 1 is 1.69 bits per heavy atom. The summed E-state index contributed by atoms with van der Waals surface area (Å²) in [5, 5.41) is 11.9. The monoisotopic (exact) mass is 348 g/mol. The van der Waals surface area contributed by atoms with Crippen LogP contribution in [-0.2, 0) is 4.79 Å². The second-order valence-corrected chi connectivity index (χ2v) is 4.86. The molecule has 1 unspecified atom stereocenters. The molecule has 0 heterocycles. The normalized spacial score (nSPS) is 11.6. The third-order valence-electron chi connectivity index (χ3n) is 2.07. The van der Waals surface area contributed by atoms with Crippen molar-refractivity contribution in [2.45, 2.75) is 13.3 Å². The molecule has 3 nitrogen and oxygen atoms in total. The van der Waals surface area contributed by atoms with Gasteiger partial charge in [0.1, 0.15) is 5.92 Å². The molecule has 1 N–H and O–H groups in total. The average molecular weight is 349 g/mol. The summed E-state index contributed by atoms with van der Waals surface area (Å²) in [7, 11) is 0. The Kier molecular flexibility index (Phi) is 5.03. The van der Waals surface area contributed by atoms with Gasteiger partial charge in [-0.05, 0) is 47.2 Å². The van der Waals surface area contributed by atoms with Crippen LogP contribution >= 0.6 is 34.2 Å². The topological polar surface area (TPSA) is 52.9 Å². The van der Waals surface area contributed by atoms with Crippen molar-refractivity contribution in [1.82, 2.24) is 0 Å². The van der Waals surface area contributed by atoms with E-state index in [1.165, 1.54) is 0 Å². The SMILES string of the molecule is CCC(C#N)C(=O)Nc1ccc(I)cc1Cl. The van der Waals surface area contributed by atoms with Crippen molar-refractivity contribution in [3.63, 3.8) is 0 Å². The van der Waals surface area contributed by atoms with Crippen LogP contribution in [0.5, 0.6) is 0 Å². The zero-order valence-electron chi connectivity index (χ0n) is 8.63. The lowest BCUT2D eigenvalue weighted by molar-refractivity contribution is -0.118. The summed E-state index contributed by atoms with van der Waals surface area (Å²) in [5.74, 6) is -0.941. The van der Waals surface area contributed by atoms with Gasteiger partial charge in [-0.25, -0.2) is 0 Å². The Hall–Kier alpha value is -0.800. The molecule has 1 aromatic rings. The Balaban J connectivity index is 2.81. The number of nitrogens with zero attached hydrogens (tertiary/aromatic N) is 1. The van der Waals surface area contributed by atoms with Crippen LogP contribution in [0, 0.1) is 20.8 Å². The molecule has 0 saturated heterocycles. The first-order valence-electron chi connectivity index (χ1n) is 4.74. The number of carbonyl (C=O) groups is 1. The second-order valence-electron chi connectivity index (χ2n) is 3.20. The van der Waals surface area contributed by atoms with Crippen molar-refractivity contribution in [2.75, 3.05) is 5.32 Å². The molecule has 0 radical (unpaired) electrons. The van der Waals surface area contributed by atoms with Gasteiger partial charge in [0.15, 0.2) is 0 Å². The number of amides is 1. The van der Waals surface area contributed by atoms with Crippen LogP contribution in [0.3, 0.4) is 0 Å². The fraction of sp³-hybridized carbons (Fsp3) is 0.273. The Bertz CT molecular complexity index is 442. The highest BCUT2D eigenvalue weighted by atomic mass is 127.